The second-order valence-corrected chi connectivity index (χ2v) is 5.53. The van der Waals surface area contributed by atoms with E-state index in [2.05, 4.69) is 12.1 Å². The van der Waals surface area contributed by atoms with E-state index in [-0.39, 0.29) is 12.6 Å². The summed E-state index contributed by atoms with van der Waals surface area (Å²) in [6, 6.07) is 14.9. The number of esters is 1. The lowest BCUT2D eigenvalue weighted by Crippen LogP contribution is -2.03. The molecule has 2 rings (SSSR count). The fourth-order valence-corrected chi connectivity index (χ4v) is 2.35. The van der Waals surface area contributed by atoms with E-state index in [9.17, 15) is 4.79 Å². The largest absolute Gasteiger partial charge is 0.462 e. The Balaban J connectivity index is 1.88. The molecule has 0 bridgehead atoms. The number of ether oxygens (including phenoxy) is 2. The minimum absolute atomic E-state index is 0.266. The van der Waals surface area contributed by atoms with Gasteiger partial charge in [0.1, 0.15) is 11.5 Å². The van der Waals surface area contributed by atoms with Gasteiger partial charge in [0.25, 0.3) is 0 Å². The third-order valence-electron chi connectivity index (χ3n) is 3.65. The van der Waals surface area contributed by atoms with Crippen LogP contribution in [0.4, 0.5) is 0 Å². The van der Waals surface area contributed by atoms with Crippen molar-refractivity contribution in [2.24, 2.45) is 0 Å². The van der Waals surface area contributed by atoms with Crippen molar-refractivity contribution >= 4 is 5.97 Å². The summed E-state index contributed by atoms with van der Waals surface area (Å²) in [4.78, 5) is 11.6. The lowest BCUT2D eigenvalue weighted by atomic mass is 10.1. The number of benzene rings is 2. The predicted molar refractivity (Wildman–Crippen MR) is 93.6 cm³/mol. The topological polar surface area (TPSA) is 55.8 Å². The molecule has 1 N–H and O–H groups in total. The molecule has 24 heavy (non-hydrogen) atoms. The van der Waals surface area contributed by atoms with Crippen LogP contribution >= 0.6 is 0 Å². The van der Waals surface area contributed by atoms with E-state index >= 15 is 0 Å². The molecule has 128 valence electrons. The van der Waals surface area contributed by atoms with E-state index in [0.717, 1.165) is 31.4 Å². The zero-order valence-corrected chi connectivity index (χ0v) is 14.0. The molecule has 0 unspecified atom stereocenters. The fraction of sp³-hybridized carbons (Fsp3) is 0.350. The van der Waals surface area contributed by atoms with Gasteiger partial charge in [-0.3, -0.25) is 0 Å². The van der Waals surface area contributed by atoms with Crippen LogP contribution < -0.4 is 4.74 Å². The molecule has 0 atom stereocenters. The normalized spacial score (nSPS) is 10.4. The third kappa shape index (κ3) is 5.70. The molecule has 4 nitrogen and oxygen atoms in total. The zero-order chi connectivity index (χ0) is 17.2. The van der Waals surface area contributed by atoms with E-state index in [1.807, 2.05) is 12.1 Å². The van der Waals surface area contributed by atoms with Crippen molar-refractivity contribution in [2.45, 2.75) is 32.6 Å². The van der Waals surface area contributed by atoms with Crippen LogP contribution in [0.1, 0.15) is 42.1 Å². The van der Waals surface area contributed by atoms with E-state index < -0.39 is 0 Å². The predicted octanol–water partition coefficient (Wildman–Crippen LogP) is 4.36. The van der Waals surface area contributed by atoms with Crippen LogP contribution in [0.25, 0.3) is 0 Å². The van der Waals surface area contributed by atoms with Gasteiger partial charge in [-0.15, -0.1) is 0 Å². The Hall–Kier alpha value is -2.33. The Morgan fingerprint density at radius 1 is 0.917 bits per heavy atom. The Labute approximate surface area is 143 Å². The minimum atomic E-state index is -0.324. The van der Waals surface area contributed by atoms with Crippen molar-refractivity contribution < 1.29 is 19.4 Å². The van der Waals surface area contributed by atoms with Crippen LogP contribution in [0.5, 0.6) is 11.5 Å². The van der Waals surface area contributed by atoms with Gasteiger partial charge in [-0.2, -0.15) is 0 Å². The first-order valence-electron chi connectivity index (χ1n) is 8.37. The van der Waals surface area contributed by atoms with Crippen molar-refractivity contribution in [2.75, 3.05) is 13.2 Å². The number of aliphatic hydroxyl groups is 1. The first kappa shape index (κ1) is 18.0. The lowest BCUT2D eigenvalue weighted by molar-refractivity contribution is 0.0526. The monoisotopic (exact) mass is 328 g/mol. The molecule has 2 aromatic rings. The Bertz CT molecular complexity index is 617. The van der Waals surface area contributed by atoms with Gasteiger partial charge in [-0.25, -0.2) is 4.79 Å². The number of aryl methyl sites for hydroxylation is 1. The number of carbonyl (C=O) groups is 1. The number of unbranched alkanes of at least 4 members (excludes halogenated alkanes) is 2. The molecule has 0 heterocycles. The molecule has 2 aromatic carbocycles. The molecule has 0 aliphatic rings. The van der Waals surface area contributed by atoms with E-state index in [1.54, 1.807) is 31.2 Å². The smallest absolute Gasteiger partial charge is 0.338 e. The van der Waals surface area contributed by atoms with Crippen molar-refractivity contribution in [1.29, 1.82) is 0 Å². The molecule has 0 aliphatic heterocycles. The quantitative estimate of drug-likeness (QED) is 0.549. The standard InChI is InChI=1S/C20H24O4/c1-2-23-20(22)17-9-13-19(14-10-17)24-18-11-7-16(8-12-18)6-4-3-5-15-21/h7-14,21H,2-6,15H2,1H3. The van der Waals surface area contributed by atoms with Crippen LogP contribution in [0.2, 0.25) is 0 Å². The van der Waals surface area contributed by atoms with Crippen molar-refractivity contribution in [3.8, 4) is 11.5 Å². The first-order chi connectivity index (χ1) is 11.7. The van der Waals surface area contributed by atoms with Gasteiger partial charge in [-0.05, 0) is 68.1 Å². The van der Waals surface area contributed by atoms with Crippen LogP contribution in [0.15, 0.2) is 48.5 Å². The number of carbonyl (C=O) groups excluding carboxylic acids is 1. The molecule has 0 saturated heterocycles. The van der Waals surface area contributed by atoms with Gasteiger partial charge in [0.2, 0.25) is 0 Å². The highest BCUT2D eigenvalue weighted by Gasteiger charge is 2.06. The summed E-state index contributed by atoms with van der Waals surface area (Å²) in [5.41, 5.74) is 1.78. The van der Waals surface area contributed by atoms with Gasteiger partial charge in [0, 0.05) is 6.61 Å². The second kappa shape index (κ2) is 9.73. The SMILES string of the molecule is CCOC(=O)c1ccc(Oc2ccc(CCCCCO)cc2)cc1. The summed E-state index contributed by atoms with van der Waals surface area (Å²) in [6.45, 7) is 2.41. The molecule has 4 heteroatoms. The average molecular weight is 328 g/mol. The molecule has 0 radical (unpaired) electrons. The number of hydrogen-bond acceptors (Lipinski definition) is 4. The molecule has 0 fully saturated rings. The summed E-state index contributed by atoms with van der Waals surface area (Å²) in [5.74, 6) is 1.12. The van der Waals surface area contributed by atoms with Crippen LogP contribution in [0, 0.1) is 0 Å². The Kier molecular flexibility index (Phi) is 7.30. The van der Waals surface area contributed by atoms with Crippen molar-refractivity contribution in [3.63, 3.8) is 0 Å². The molecule has 0 saturated carbocycles. The number of hydrogen-bond donors (Lipinski definition) is 1. The maximum atomic E-state index is 11.6. The maximum absolute atomic E-state index is 11.6. The third-order valence-corrected chi connectivity index (χ3v) is 3.65. The van der Waals surface area contributed by atoms with Crippen LogP contribution in [-0.2, 0) is 11.2 Å². The highest BCUT2D eigenvalue weighted by atomic mass is 16.5. The lowest BCUT2D eigenvalue weighted by Gasteiger charge is -2.08. The molecular formula is C20H24O4. The summed E-state index contributed by atoms with van der Waals surface area (Å²) in [5, 5.41) is 8.77. The number of rotatable bonds is 9. The summed E-state index contributed by atoms with van der Waals surface area (Å²) in [7, 11) is 0. The molecule has 0 aromatic heterocycles. The van der Waals surface area contributed by atoms with E-state index in [1.165, 1.54) is 5.56 Å². The van der Waals surface area contributed by atoms with Gasteiger partial charge in [-0.1, -0.05) is 18.6 Å². The maximum Gasteiger partial charge on any atom is 0.338 e. The Morgan fingerprint density at radius 3 is 2.12 bits per heavy atom. The highest BCUT2D eigenvalue weighted by Crippen LogP contribution is 2.22. The van der Waals surface area contributed by atoms with Gasteiger partial charge < -0.3 is 14.6 Å². The van der Waals surface area contributed by atoms with E-state index in [4.69, 9.17) is 14.6 Å². The molecule has 0 spiro atoms. The van der Waals surface area contributed by atoms with Gasteiger partial charge >= 0.3 is 5.97 Å². The van der Waals surface area contributed by atoms with Gasteiger partial charge in [0.05, 0.1) is 12.2 Å². The average Bonchev–Trinajstić information content (AvgIpc) is 2.61. The fourth-order valence-electron chi connectivity index (χ4n) is 2.35. The summed E-state index contributed by atoms with van der Waals surface area (Å²) < 4.78 is 10.7. The first-order valence-corrected chi connectivity index (χ1v) is 8.37. The number of aliphatic hydroxyl groups excluding tert-OH is 1. The van der Waals surface area contributed by atoms with E-state index in [0.29, 0.717) is 17.9 Å². The second-order valence-electron chi connectivity index (χ2n) is 5.53. The molecule has 0 amide bonds. The Morgan fingerprint density at radius 2 is 1.54 bits per heavy atom. The van der Waals surface area contributed by atoms with Crippen LogP contribution in [-0.4, -0.2) is 24.3 Å². The zero-order valence-electron chi connectivity index (χ0n) is 14.0. The highest BCUT2D eigenvalue weighted by molar-refractivity contribution is 5.89. The summed E-state index contributed by atoms with van der Waals surface area (Å²) in [6.07, 6.45) is 4.00. The molecular weight excluding hydrogens is 304 g/mol. The van der Waals surface area contributed by atoms with Crippen molar-refractivity contribution in [3.05, 3.63) is 59.7 Å². The molecule has 0 aliphatic carbocycles. The van der Waals surface area contributed by atoms with Crippen molar-refractivity contribution in [1.82, 2.24) is 0 Å². The van der Waals surface area contributed by atoms with Gasteiger partial charge in [0.15, 0.2) is 0 Å². The van der Waals surface area contributed by atoms with Crippen LogP contribution in [0.3, 0.4) is 0 Å². The summed E-state index contributed by atoms with van der Waals surface area (Å²) >= 11 is 0. The minimum Gasteiger partial charge on any atom is -0.462 e.